The van der Waals surface area contributed by atoms with E-state index in [4.69, 9.17) is 9.47 Å². The van der Waals surface area contributed by atoms with Gasteiger partial charge in [-0.05, 0) is 32.3 Å². The van der Waals surface area contributed by atoms with Gasteiger partial charge in [-0.3, -0.25) is 4.79 Å². The average molecular weight is 422 g/mol. The van der Waals surface area contributed by atoms with Crippen molar-refractivity contribution in [1.82, 2.24) is 4.57 Å². The number of sulfone groups is 1. The van der Waals surface area contributed by atoms with Gasteiger partial charge in [-0.2, -0.15) is 0 Å². The molecule has 0 spiro atoms. The van der Waals surface area contributed by atoms with Crippen molar-refractivity contribution < 1.29 is 27.5 Å². The third-order valence-electron chi connectivity index (χ3n) is 4.64. The number of methoxy groups -OCH3 is 1. The molecule has 0 radical (unpaired) electrons. The third-order valence-corrected chi connectivity index (χ3v) is 6.64. The van der Waals surface area contributed by atoms with Crippen LogP contribution < -0.4 is 0 Å². The van der Waals surface area contributed by atoms with Gasteiger partial charge in [0.05, 0.1) is 25.0 Å². The SMILES string of the molecule is C=CCS(=O)(=O)C(CCCCn1cc(C(=O)OC)c2ccccc21)C(=O)OCC. The maximum atomic E-state index is 12.4. The topological polar surface area (TPSA) is 91.7 Å². The Hall–Kier alpha value is -2.61. The molecule has 1 atom stereocenters. The maximum absolute atomic E-state index is 12.4. The molecule has 0 fully saturated rings. The Morgan fingerprint density at radius 3 is 2.62 bits per heavy atom. The molecule has 158 valence electrons. The van der Waals surface area contributed by atoms with Crippen molar-refractivity contribution in [3.05, 3.63) is 48.7 Å². The fourth-order valence-electron chi connectivity index (χ4n) is 3.28. The molecule has 2 rings (SSSR count). The molecule has 2 aromatic rings. The molecule has 1 aromatic heterocycles. The van der Waals surface area contributed by atoms with E-state index in [1.807, 2.05) is 28.8 Å². The Bertz CT molecular complexity index is 976. The largest absolute Gasteiger partial charge is 0.465 e. The minimum atomic E-state index is -3.64. The lowest BCUT2D eigenvalue weighted by atomic mass is 10.2. The number of benzene rings is 1. The van der Waals surface area contributed by atoms with E-state index >= 15 is 0 Å². The summed E-state index contributed by atoms with van der Waals surface area (Å²) >= 11 is 0. The molecule has 1 heterocycles. The first-order valence-corrected chi connectivity index (χ1v) is 11.2. The Labute approximate surface area is 171 Å². The van der Waals surface area contributed by atoms with Crippen molar-refractivity contribution in [2.45, 2.75) is 38.0 Å². The Morgan fingerprint density at radius 1 is 1.24 bits per heavy atom. The highest BCUT2D eigenvalue weighted by Crippen LogP contribution is 2.23. The van der Waals surface area contributed by atoms with Gasteiger partial charge < -0.3 is 14.0 Å². The number of unbranched alkanes of at least 4 members (excludes halogenated alkanes) is 1. The molecule has 0 aliphatic heterocycles. The molecule has 1 unspecified atom stereocenters. The molecule has 0 aliphatic rings. The summed E-state index contributed by atoms with van der Waals surface area (Å²) in [6.45, 7) is 5.80. The van der Waals surface area contributed by atoms with Crippen LogP contribution in [0.2, 0.25) is 0 Å². The summed E-state index contributed by atoms with van der Waals surface area (Å²) in [6, 6.07) is 7.51. The van der Waals surface area contributed by atoms with Gasteiger partial charge in [-0.15, -0.1) is 6.58 Å². The highest BCUT2D eigenvalue weighted by atomic mass is 32.2. The molecule has 0 saturated heterocycles. The van der Waals surface area contributed by atoms with Crippen molar-refractivity contribution in [2.24, 2.45) is 0 Å². The summed E-state index contributed by atoms with van der Waals surface area (Å²) in [5.74, 6) is -1.38. The summed E-state index contributed by atoms with van der Waals surface area (Å²) in [7, 11) is -2.30. The number of para-hydroxylation sites is 1. The number of hydrogen-bond acceptors (Lipinski definition) is 6. The van der Waals surface area contributed by atoms with E-state index in [1.54, 1.807) is 13.1 Å². The van der Waals surface area contributed by atoms with Crippen LogP contribution >= 0.6 is 0 Å². The number of carbonyl (C=O) groups excluding carboxylic acids is 2. The molecular weight excluding hydrogens is 394 g/mol. The number of aromatic nitrogens is 1. The normalized spacial score (nSPS) is 12.5. The number of fused-ring (bicyclic) bond motifs is 1. The zero-order valence-electron chi connectivity index (χ0n) is 16.8. The molecule has 29 heavy (non-hydrogen) atoms. The Kier molecular flexibility index (Phi) is 8.01. The first kappa shape index (κ1) is 22.7. The highest BCUT2D eigenvalue weighted by Gasteiger charge is 2.32. The predicted octanol–water partition coefficient (Wildman–Crippen LogP) is 3.13. The van der Waals surface area contributed by atoms with Crippen LogP contribution in [-0.4, -0.2) is 49.6 Å². The standard InChI is InChI=1S/C21H27NO6S/c1-4-14-29(25,26)19(21(24)28-5-2)12-8-9-13-22-15-17(20(23)27-3)16-10-6-7-11-18(16)22/h4,6-7,10-11,15,19H,1,5,8-9,12-14H2,2-3H3. The van der Waals surface area contributed by atoms with E-state index in [2.05, 4.69) is 6.58 Å². The van der Waals surface area contributed by atoms with Gasteiger partial charge >= 0.3 is 11.9 Å². The van der Waals surface area contributed by atoms with E-state index in [0.717, 1.165) is 10.9 Å². The molecule has 0 amide bonds. The van der Waals surface area contributed by atoms with Gasteiger partial charge in [-0.1, -0.05) is 24.3 Å². The fourth-order valence-corrected chi connectivity index (χ4v) is 4.72. The van der Waals surface area contributed by atoms with Crippen LogP contribution in [0.1, 0.15) is 36.5 Å². The number of hydrogen-bond donors (Lipinski definition) is 0. The Morgan fingerprint density at radius 2 is 1.97 bits per heavy atom. The molecule has 1 aromatic carbocycles. The smallest absolute Gasteiger partial charge is 0.340 e. The summed E-state index contributed by atoms with van der Waals surface area (Å²) in [6.07, 6.45) is 4.35. The van der Waals surface area contributed by atoms with E-state index in [9.17, 15) is 18.0 Å². The lowest BCUT2D eigenvalue weighted by Gasteiger charge is -2.15. The van der Waals surface area contributed by atoms with Crippen LogP contribution in [0.5, 0.6) is 0 Å². The van der Waals surface area contributed by atoms with Gasteiger partial charge in [0.15, 0.2) is 15.1 Å². The van der Waals surface area contributed by atoms with Crippen molar-refractivity contribution in [3.63, 3.8) is 0 Å². The van der Waals surface area contributed by atoms with E-state index in [-0.39, 0.29) is 18.8 Å². The van der Waals surface area contributed by atoms with Crippen LogP contribution in [0.3, 0.4) is 0 Å². The van der Waals surface area contributed by atoms with Gasteiger partial charge in [0.25, 0.3) is 0 Å². The number of rotatable bonds is 11. The number of ether oxygens (including phenoxy) is 2. The van der Waals surface area contributed by atoms with Crippen LogP contribution in [0.25, 0.3) is 10.9 Å². The van der Waals surface area contributed by atoms with Crippen LogP contribution in [-0.2, 0) is 30.7 Å². The van der Waals surface area contributed by atoms with Gasteiger partial charge in [0, 0.05) is 23.6 Å². The van der Waals surface area contributed by atoms with Crippen LogP contribution in [0, 0.1) is 0 Å². The zero-order chi connectivity index (χ0) is 21.4. The molecule has 0 bridgehead atoms. The first-order chi connectivity index (χ1) is 13.9. The van der Waals surface area contributed by atoms with Gasteiger partial charge in [0.1, 0.15) is 0 Å². The lowest BCUT2D eigenvalue weighted by molar-refractivity contribution is -0.142. The number of nitrogens with zero attached hydrogens (tertiary/aromatic N) is 1. The quantitative estimate of drug-likeness (QED) is 0.314. The minimum absolute atomic E-state index is 0.130. The summed E-state index contributed by atoms with van der Waals surface area (Å²) in [5.41, 5.74) is 1.38. The third kappa shape index (κ3) is 5.47. The lowest BCUT2D eigenvalue weighted by Crippen LogP contribution is -2.33. The number of carbonyl (C=O) groups is 2. The van der Waals surface area contributed by atoms with Crippen molar-refractivity contribution in [2.75, 3.05) is 19.5 Å². The fraction of sp³-hybridized carbons (Fsp3) is 0.429. The zero-order valence-corrected chi connectivity index (χ0v) is 17.6. The molecule has 8 heteroatoms. The van der Waals surface area contributed by atoms with E-state index in [0.29, 0.717) is 24.9 Å². The highest BCUT2D eigenvalue weighted by molar-refractivity contribution is 7.92. The second-order valence-electron chi connectivity index (χ2n) is 6.60. The van der Waals surface area contributed by atoms with Crippen molar-refractivity contribution in [1.29, 1.82) is 0 Å². The molecule has 0 N–H and O–H groups in total. The number of esters is 2. The van der Waals surface area contributed by atoms with Crippen molar-refractivity contribution in [3.8, 4) is 0 Å². The summed E-state index contributed by atoms with van der Waals surface area (Å²) < 4.78 is 36.5. The van der Waals surface area contributed by atoms with Gasteiger partial charge in [0.2, 0.25) is 0 Å². The van der Waals surface area contributed by atoms with Crippen LogP contribution in [0.4, 0.5) is 0 Å². The molecular formula is C21H27NO6S. The second kappa shape index (κ2) is 10.2. The monoisotopic (exact) mass is 421 g/mol. The average Bonchev–Trinajstić information content (AvgIpc) is 3.06. The predicted molar refractivity (Wildman–Crippen MR) is 112 cm³/mol. The number of aryl methyl sites for hydroxylation is 1. The van der Waals surface area contributed by atoms with Crippen molar-refractivity contribution >= 4 is 32.7 Å². The van der Waals surface area contributed by atoms with Crippen LogP contribution in [0.15, 0.2) is 43.1 Å². The Balaban J connectivity index is 2.09. The summed E-state index contributed by atoms with van der Waals surface area (Å²) in [5, 5.41) is -0.384. The van der Waals surface area contributed by atoms with Gasteiger partial charge in [-0.25, -0.2) is 13.2 Å². The maximum Gasteiger partial charge on any atom is 0.340 e. The summed E-state index contributed by atoms with van der Waals surface area (Å²) in [4.78, 5) is 24.1. The first-order valence-electron chi connectivity index (χ1n) is 9.51. The molecule has 0 aliphatic carbocycles. The molecule has 0 saturated carbocycles. The van der Waals surface area contributed by atoms with E-state index < -0.39 is 27.0 Å². The molecule has 7 nitrogen and oxygen atoms in total. The second-order valence-corrected chi connectivity index (χ2v) is 8.83. The minimum Gasteiger partial charge on any atom is -0.465 e. The van der Waals surface area contributed by atoms with E-state index in [1.165, 1.54) is 13.2 Å².